The molecular weight excluding hydrogens is 286 g/mol. The molecule has 3 heterocycles. The van der Waals surface area contributed by atoms with E-state index in [1.54, 1.807) is 12.7 Å². The van der Waals surface area contributed by atoms with Gasteiger partial charge in [-0.05, 0) is 24.6 Å². The lowest BCUT2D eigenvalue weighted by atomic mass is 10.1. The van der Waals surface area contributed by atoms with Crippen LogP contribution in [0.3, 0.4) is 0 Å². The quantitative estimate of drug-likeness (QED) is 0.711. The smallest absolute Gasteiger partial charge is 0.0948 e. The molecule has 23 heavy (non-hydrogen) atoms. The summed E-state index contributed by atoms with van der Waals surface area (Å²) >= 11 is 0. The average Bonchev–Trinajstić information content (AvgIpc) is 3.19. The number of hydrogen-bond acceptors (Lipinski definition) is 3. The van der Waals surface area contributed by atoms with Gasteiger partial charge in [0.15, 0.2) is 0 Å². The van der Waals surface area contributed by atoms with Crippen LogP contribution in [-0.2, 0) is 14.1 Å². The minimum atomic E-state index is 0.927. The molecule has 124 valence electrons. The fraction of sp³-hybridized carbons (Fsp3) is 0.389. The highest BCUT2D eigenvalue weighted by atomic mass is 15.0. The molecule has 0 spiro atoms. The first-order valence-corrected chi connectivity index (χ1v) is 8.07. The maximum Gasteiger partial charge on any atom is 0.0948 e. The molecule has 0 aliphatic carbocycles. The van der Waals surface area contributed by atoms with Gasteiger partial charge in [0.05, 0.1) is 47.8 Å². The molecule has 0 atom stereocenters. The first kappa shape index (κ1) is 18.6. The average molecular weight is 313 g/mol. The lowest BCUT2D eigenvalue weighted by Crippen LogP contribution is -1.97. The molecular formula is C18H27N5. The van der Waals surface area contributed by atoms with E-state index in [1.807, 2.05) is 63.3 Å². The summed E-state index contributed by atoms with van der Waals surface area (Å²) in [5, 5.41) is 0. The molecule has 0 amide bonds. The van der Waals surface area contributed by atoms with Crippen LogP contribution in [-0.4, -0.2) is 24.1 Å². The molecule has 0 aliphatic heterocycles. The molecule has 0 saturated heterocycles. The fourth-order valence-electron chi connectivity index (χ4n) is 2.14. The number of nitrogens with zero attached hydrogens (tertiary/aromatic N) is 5. The SMILES string of the molecule is CC.CC.Cc1cc(-c2cncn2C)nc(-c2cncn2C)c1. The minimum absolute atomic E-state index is 0.927. The molecule has 0 aliphatic rings. The van der Waals surface area contributed by atoms with E-state index in [9.17, 15) is 0 Å². The molecule has 0 unspecified atom stereocenters. The zero-order valence-corrected chi connectivity index (χ0v) is 15.2. The zero-order valence-electron chi connectivity index (χ0n) is 15.2. The standard InChI is InChI=1S/C14H15N5.2C2H6/c1-10-4-11(13-6-15-8-18(13)2)17-12(5-10)14-7-16-9-19(14)3;2*1-2/h4-9H,1-3H3;2*1-2H3. The number of pyridine rings is 1. The summed E-state index contributed by atoms with van der Waals surface area (Å²) in [5.74, 6) is 0. The molecule has 0 N–H and O–H groups in total. The predicted octanol–water partition coefficient (Wildman–Crippen LogP) is 4.24. The van der Waals surface area contributed by atoms with Crippen LogP contribution in [0, 0.1) is 6.92 Å². The van der Waals surface area contributed by atoms with Crippen molar-refractivity contribution in [2.24, 2.45) is 14.1 Å². The van der Waals surface area contributed by atoms with Gasteiger partial charge in [0.25, 0.3) is 0 Å². The first-order valence-electron chi connectivity index (χ1n) is 8.07. The van der Waals surface area contributed by atoms with Crippen LogP contribution in [0.2, 0.25) is 0 Å². The maximum absolute atomic E-state index is 4.72. The highest BCUT2D eigenvalue weighted by molar-refractivity contribution is 5.63. The van der Waals surface area contributed by atoms with Crippen LogP contribution in [0.5, 0.6) is 0 Å². The summed E-state index contributed by atoms with van der Waals surface area (Å²) in [6.07, 6.45) is 7.22. The normalized spacial score (nSPS) is 9.52. The Labute approximate surface area is 139 Å². The Bertz CT molecular complexity index is 666. The van der Waals surface area contributed by atoms with E-state index in [4.69, 9.17) is 4.98 Å². The number of imidazole rings is 2. The second-order valence-corrected chi connectivity index (χ2v) is 4.69. The number of aromatic nitrogens is 5. The number of rotatable bonds is 2. The monoisotopic (exact) mass is 313 g/mol. The second kappa shape index (κ2) is 8.88. The molecule has 5 heteroatoms. The molecule has 0 aromatic carbocycles. The zero-order chi connectivity index (χ0) is 17.4. The molecule has 5 nitrogen and oxygen atoms in total. The van der Waals surface area contributed by atoms with Gasteiger partial charge in [0.1, 0.15) is 0 Å². The van der Waals surface area contributed by atoms with Crippen molar-refractivity contribution in [3.8, 4) is 22.8 Å². The van der Waals surface area contributed by atoms with Crippen molar-refractivity contribution in [2.45, 2.75) is 34.6 Å². The van der Waals surface area contributed by atoms with Gasteiger partial charge in [-0.25, -0.2) is 15.0 Å². The van der Waals surface area contributed by atoms with Crippen LogP contribution < -0.4 is 0 Å². The minimum Gasteiger partial charge on any atom is -0.332 e. The van der Waals surface area contributed by atoms with E-state index < -0.39 is 0 Å². The third-order valence-corrected chi connectivity index (χ3v) is 3.13. The van der Waals surface area contributed by atoms with E-state index in [-0.39, 0.29) is 0 Å². The summed E-state index contributed by atoms with van der Waals surface area (Å²) in [7, 11) is 3.94. The summed E-state index contributed by atoms with van der Waals surface area (Å²) < 4.78 is 3.93. The highest BCUT2D eigenvalue weighted by Crippen LogP contribution is 2.23. The van der Waals surface area contributed by atoms with Crippen LogP contribution in [0.4, 0.5) is 0 Å². The van der Waals surface area contributed by atoms with Crippen molar-refractivity contribution >= 4 is 0 Å². The van der Waals surface area contributed by atoms with Crippen molar-refractivity contribution in [1.29, 1.82) is 0 Å². The lowest BCUT2D eigenvalue weighted by Gasteiger charge is -2.07. The van der Waals surface area contributed by atoms with Crippen LogP contribution in [0.1, 0.15) is 33.3 Å². The Morgan fingerprint density at radius 2 is 1.13 bits per heavy atom. The van der Waals surface area contributed by atoms with Gasteiger partial charge >= 0.3 is 0 Å². The highest BCUT2D eigenvalue weighted by Gasteiger charge is 2.10. The lowest BCUT2D eigenvalue weighted by molar-refractivity contribution is 0.908. The molecule has 3 rings (SSSR count). The van der Waals surface area contributed by atoms with Crippen molar-refractivity contribution in [3.05, 3.63) is 42.7 Å². The van der Waals surface area contributed by atoms with Crippen LogP contribution >= 0.6 is 0 Å². The van der Waals surface area contributed by atoms with E-state index in [1.165, 1.54) is 5.56 Å². The second-order valence-electron chi connectivity index (χ2n) is 4.69. The Balaban J connectivity index is 0.000000615. The van der Waals surface area contributed by atoms with Crippen molar-refractivity contribution < 1.29 is 0 Å². The maximum atomic E-state index is 4.72. The van der Waals surface area contributed by atoms with Crippen molar-refractivity contribution in [3.63, 3.8) is 0 Å². The molecule has 0 bridgehead atoms. The largest absolute Gasteiger partial charge is 0.332 e. The Kier molecular flexibility index (Phi) is 7.19. The number of hydrogen-bond donors (Lipinski definition) is 0. The summed E-state index contributed by atoms with van der Waals surface area (Å²) in [6.45, 7) is 10.1. The topological polar surface area (TPSA) is 48.5 Å². The van der Waals surface area contributed by atoms with Crippen molar-refractivity contribution in [2.75, 3.05) is 0 Å². The molecule has 0 fully saturated rings. The third-order valence-electron chi connectivity index (χ3n) is 3.13. The van der Waals surface area contributed by atoms with Gasteiger partial charge in [-0.2, -0.15) is 0 Å². The van der Waals surface area contributed by atoms with Gasteiger partial charge in [0.2, 0.25) is 0 Å². The summed E-state index contributed by atoms with van der Waals surface area (Å²) in [5.41, 5.74) is 5.04. The third kappa shape index (κ3) is 4.28. The Morgan fingerprint density at radius 1 is 0.739 bits per heavy atom. The molecule has 0 radical (unpaired) electrons. The fourth-order valence-corrected chi connectivity index (χ4v) is 2.14. The van der Waals surface area contributed by atoms with Crippen LogP contribution in [0.25, 0.3) is 22.8 Å². The van der Waals surface area contributed by atoms with Gasteiger partial charge in [0, 0.05) is 14.1 Å². The Morgan fingerprint density at radius 3 is 1.43 bits per heavy atom. The van der Waals surface area contributed by atoms with E-state index in [2.05, 4.69) is 29.0 Å². The molecule has 3 aromatic heterocycles. The summed E-state index contributed by atoms with van der Waals surface area (Å²) in [4.78, 5) is 13.0. The Hall–Kier alpha value is -2.43. The van der Waals surface area contributed by atoms with Gasteiger partial charge in [-0.1, -0.05) is 27.7 Å². The van der Waals surface area contributed by atoms with Gasteiger partial charge < -0.3 is 9.13 Å². The van der Waals surface area contributed by atoms with E-state index >= 15 is 0 Å². The molecule has 3 aromatic rings. The van der Waals surface area contributed by atoms with Gasteiger partial charge in [-0.15, -0.1) is 0 Å². The first-order chi connectivity index (χ1) is 11.1. The van der Waals surface area contributed by atoms with Crippen LogP contribution in [0.15, 0.2) is 37.2 Å². The van der Waals surface area contributed by atoms with E-state index in [0.29, 0.717) is 0 Å². The summed E-state index contributed by atoms with van der Waals surface area (Å²) in [6, 6.07) is 4.13. The van der Waals surface area contributed by atoms with E-state index in [0.717, 1.165) is 22.8 Å². The predicted molar refractivity (Wildman–Crippen MR) is 96.1 cm³/mol. The van der Waals surface area contributed by atoms with Crippen molar-refractivity contribution in [1.82, 2.24) is 24.1 Å². The number of aryl methyl sites for hydroxylation is 3. The van der Waals surface area contributed by atoms with Gasteiger partial charge in [-0.3, -0.25) is 0 Å². The molecule has 0 saturated carbocycles.